The van der Waals surface area contributed by atoms with Gasteiger partial charge in [0, 0.05) is 50.0 Å². The fraction of sp³-hybridized carbons (Fsp3) is 0.400. The smallest absolute Gasteiger partial charge is 0.123 e. The first-order valence-electron chi connectivity index (χ1n) is 11.1. The SMILES string of the molecule is Cc1ccc(-c2nn(-c3ccc(F)cc3)cc2CNCCCN2CCN(C)CC2)cc1. The summed E-state index contributed by atoms with van der Waals surface area (Å²) in [6, 6.07) is 14.9. The van der Waals surface area contributed by atoms with Gasteiger partial charge < -0.3 is 15.1 Å². The molecule has 1 fully saturated rings. The summed E-state index contributed by atoms with van der Waals surface area (Å²) in [6.07, 6.45) is 3.19. The van der Waals surface area contributed by atoms with Crippen LogP contribution in [-0.2, 0) is 6.54 Å². The summed E-state index contributed by atoms with van der Waals surface area (Å²) in [6.45, 7) is 9.61. The molecular weight excluding hydrogens is 389 g/mol. The highest BCUT2D eigenvalue weighted by Gasteiger charge is 2.14. The van der Waals surface area contributed by atoms with Crippen molar-refractivity contribution in [1.29, 1.82) is 0 Å². The highest BCUT2D eigenvalue weighted by Crippen LogP contribution is 2.24. The van der Waals surface area contributed by atoms with E-state index in [1.54, 1.807) is 12.1 Å². The van der Waals surface area contributed by atoms with Crippen LogP contribution in [0.5, 0.6) is 0 Å². The molecule has 5 nitrogen and oxygen atoms in total. The van der Waals surface area contributed by atoms with E-state index < -0.39 is 0 Å². The fourth-order valence-electron chi connectivity index (χ4n) is 3.94. The van der Waals surface area contributed by atoms with E-state index in [4.69, 9.17) is 5.10 Å². The molecule has 0 saturated carbocycles. The third-order valence-electron chi connectivity index (χ3n) is 5.95. The van der Waals surface area contributed by atoms with Crippen molar-refractivity contribution >= 4 is 0 Å². The molecule has 1 aliphatic rings. The highest BCUT2D eigenvalue weighted by molar-refractivity contribution is 5.63. The normalized spacial score (nSPS) is 15.5. The zero-order valence-electron chi connectivity index (χ0n) is 18.5. The topological polar surface area (TPSA) is 36.3 Å². The van der Waals surface area contributed by atoms with Crippen LogP contribution in [0.1, 0.15) is 17.5 Å². The van der Waals surface area contributed by atoms with E-state index in [1.807, 2.05) is 4.68 Å². The molecule has 1 N–H and O–H groups in total. The van der Waals surface area contributed by atoms with E-state index in [0.29, 0.717) is 0 Å². The van der Waals surface area contributed by atoms with Crippen LogP contribution < -0.4 is 5.32 Å². The summed E-state index contributed by atoms with van der Waals surface area (Å²) in [5.74, 6) is -0.239. The Morgan fingerprint density at radius 2 is 1.68 bits per heavy atom. The first kappa shape index (κ1) is 21.7. The predicted octanol–water partition coefficient (Wildman–Crippen LogP) is 3.71. The molecule has 1 aromatic heterocycles. The summed E-state index contributed by atoms with van der Waals surface area (Å²) in [5.41, 5.74) is 5.30. The largest absolute Gasteiger partial charge is 0.312 e. The van der Waals surface area contributed by atoms with Crippen molar-refractivity contribution in [2.75, 3.05) is 46.3 Å². The second-order valence-corrected chi connectivity index (χ2v) is 8.47. The van der Waals surface area contributed by atoms with Crippen LogP contribution in [0.3, 0.4) is 0 Å². The third-order valence-corrected chi connectivity index (χ3v) is 5.95. The molecule has 0 aliphatic carbocycles. The maximum atomic E-state index is 13.3. The molecule has 2 heterocycles. The van der Waals surface area contributed by atoms with Crippen LogP contribution in [0.25, 0.3) is 16.9 Å². The second-order valence-electron chi connectivity index (χ2n) is 8.47. The van der Waals surface area contributed by atoms with Crippen molar-refractivity contribution in [1.82, 2.24) is 24.9 Å². The molecule has 0 unspecified atom stereocenters. The van der Waals surface area contributed by atoms with Crippen LogP contribution in [0, 0.1) is 12.7 Å². The van der Waals surface area contributed by atoms with E-state index in [-0.39, 0.29) is 5.82 Å². The Hall–Kier alpha value is -2.54. The fourth-order valence-corrected chi connectivity index (χ4v) is 3.94. The molecule has 0 spiro atoms. The number of rotatable bonds is 8. The van der Waals surface area contributed by atoms with Gasteiger partial charge in [-0.15, -0.1) is 0 Å². The lowest BCUT2D eigenvalue weighted by atomic mass is 10.1. The molecule has 0 amide bonds. The van der Waals surface area contributed by atoms with Gasteiger partial charge in [0.25, 0.3) is 0 Å². The highest BCUT2D eigenvalue weighted by atomic mass is 19.1. The number of nitrogens with one attached hydrogen (secondary N) is 1. The number of piperazine rings is 1. The molecule has 31 heavy (non-hydrogen) atoms. The van der Waals surface area contributed by atoms with Gasteiger partial charge in [-0.1, -0.05) is 29.8 Å². The van der Waals surface area contributed by atoms with Crippen molar-refractivity contribution in [2.24, 2.45) is 0 Å². The van der Waals surface area contributed by atoms with Gasteiger partial charge >= 0.3 is 0 Å². The molecule has 1 aliphatic heterocycles. The summed E-state index contributed by atoms with van der Waals surface area (Å²) >= 11 is 0. The average Bonchev–Trinajstić information content (AvgIpc) is 3.20. The van der Waals surface area contributed by atoms with Gasteiger partial charge in [-0.2, -0.15) is 5.10 Å². The minimum atomic E-state index is -0.239. The van der Waals surface area contributed by atoms with Crippen molar-refractivity contribution in [3.05, 3.63) is 71.7 Å². The lowest BCUT2D eigenvalue weighted by Gasteiger charge is -2.32. The number of likely N-dealkylation sites (N-methyl/N-ethyl adjacent to an activating group) is 1. The van der Waals surface area contributed by atoms with Crippen LogP contribution >= 0.6 is 0 Å². The molecule has 4 rings (SSSR count). The Labute approximate surface area is 184 Å². The van der Waals surface area contributed by atoms with E-state index in [0.717, 1.165) is 61.7 Å². The van der Waals surface area contributed by atoms with Gasteiger partial charge in [0.2, 0.25) is 0 Å². The zero-order valence-corrected chi connectivity index (χ0v) is 18.5. The Bertz CT molecular complexity index is 957. The van der Waals surface area contributed by atoms with E-state index >= 15 is 0 Å². The Morgan fingerprint density at radius 1 is 0.968 bits per heavy atom. The average molecular weight is 422 g/mol. The Kier molecular flexibility index (Phi) is 7.12. The lowest BCUT2D eigenvalue weighted by Crippen LogP contribution is -2.45. The summed E-state index contributed by atoms with van der Waals surface area (Å²) in [4.78, 5) is 4.94. The van der Waals surface area contributed by atoms with E-state index in [9.17, 15) is 4.39 Å². The first-order chi connectivity index (χ1) is 15.1. The van der Waals surface area contributed by atoms with Gasteiger partial charge in [0.05, 0.1) is 11.4 Å². The first-order valence-corrected chi connectivity index (χ1v) is 11.1. The molecule has 3 aromatic rings. The minimum absolute atomic E-state index is 0.239. The van der Waals surface area contributed by atoms with Crippen molar-refractivity contribution in [3.63, 3.8) is 0 Å². The Balaban J connectivity index is 1.41. The molecule has 0 atom stereocenters. The number of aryl methyl sites for hydroxylation is 1. The molecule has 0 bridgehead atoms. The number of aromatic nitrogens is 2. The lowest BCUT2D eigenvalue weighted by molar-refractivity contribution is 0.153. The standard InChI is InChI=1S/C25H32FN5/c1-20-4-6-21(7-5-20)25-22(19-31(28-25)24-10-8-23(26)9-11-24)18-27-12-3-13-30-16-14-29(2)15-17-30/h4-11,19,27H,3,12-18H2,1-2H3. The summed E-state index contributed by atoms with van der Waals surface area (Å²) < 4.78 is 15.2. The number of hydrogen-bond acceptors (Lipinski definition) is 4. The maximum absolute atomic E-state index is 13.3. The number of benzene rings is 2. The number of nitrogens with zero attached hydrogens (tertiary/aromatic N) is 4. The zero-order chi connectivity index (χ0) is 21.6. The monoisotopic (exact) mass is 421 g/mol. The van der Waals surface area contributed by atoms with Crippen molar-refractivity contribution < 1.29 is 4.39 Å². The van der Waals surface area contributed by atoms with E-state index in [1.165, 1.54) is 30.8 Å². The van der Waals surface area contributed by atoms with Crippen LogP contribution in [-0.4, -0.2) is 65.9 Å². The van der Waals surface area contributed by atoms with Crippen molar-refractivity contribution in [3.8, 4) is 16.9 Å². The number of hydrogen-bond donors (Lipinski definition) is 1. The molecular formula is C25H32FN5. The third kappa shape index (κ3) is 5.79. The van der Waals surface area contributed by atoms with Gasteiger partial charge in [-0.05, 0) is 57.7 Å². The molecule has 1 saturated heterocycles. The minimum Gasteiger partial charge on any atom is -0.312 e. The molecule has 2 aromatic carbocycles. The molecule has 164 valence electrons. The second kappa shape index (κ2) is 10.2. The maximum Gasteiger partial charge on any atom is 0.123 e. The quantitative estimate of drug-likeness (QED) is 0.563. The summed E-state index contributed by atoms with van der Waals surface area (Å²) in [5, 5.41) is 8.43. The Morgan fingerprint density at radius 3 is 2.39 bits per heavy atom. The van der Waals surface area contributed by atoms with Crippen molar-refractivity contribution in [2.45, 2.75) is 19.9 Å². The predicted molar refractivity (Wildman–Crippen MR) is 124 cm³/mol. The van der Waals surface area contributed by atoms with Gasteiger partial charge in [-0.25, -0.2) is 9.07 Å². The molecule has 0 radical (unpaired) electrons. The van der Waals surface area contributed by atoms with E-state index in [2.05, 4.69) is 59.6 Å². The summed E-state index contributed by atoms with van der Waals surface area (Å²) in [7, 11) is 2.19. The van der Waals surface area contributed by atoms with Gasteiger partial charge in [0.1, 0.15) is 5.82 Å². The van der Waals surface area contributed by atoms with Crippen LogP contribution in [0.15, 0.2) is 54.7 Å². The molecule has 6 heteroatoms. The van der Waals surface area contributed by atoms with Gasteiger partial charge in [-0.3, -0.25) is 0 Å². The van der Waals surface area contributed by atoms with Crippen LogP contribution in [0.2, 0.25) is 0 Å². The van der Waals surface area contributed by atoms with Crippen LogP contribution in [0.4, 0.5) is 4.39 Å². The van der Waals surface area contributed by atoms with Gasteiger partial charge in [0.15, 0.2) is 0 Å². The number of halogens is 1.